The van der Waals surface area contributed by atoms with Crippen molar-refractivity contribution in [3.8, 4) is 0 Å². The Hall–Kier alpha value is -0.370. The van der Waals surface area contributed by atoms with Gasteiger partial charge in [0.25, 0.3) is 0 Å². The van der Waals surface area contributed by atoms with Gasteiger partial charge in [0, 0.05) is 12.8 Å². The van der Waals surface area contributed by atoms with Crippen LogP contribution in [0.2, 0.25) is 0 Å². The van der Waals surface area contributed by atoms with E-state index in [0.717, 1.165) is 44.6 Å². The molecule has 18 heavy (non-hydrogen) atoms. The zero-order valence-corrected chi connectivity index (χ0v) is 12.3. The van der Waals surface area contributed by atoms with Crippen molar-refractivity contribution in [3.05, 3.63) is 0 Å². The summed E-state index contributed by atoms with van der Waals surface area (Å²) in [4.78, 5) is 11.9. The molecule has 2 heteroatoms. The number of hydrogen-bond donors (Lipinski definition) is 1. The first-order valence-corrected chi connectivity index (χ1v) is 7.75. The van der Waals surface area contributed by atoms with Gasteiger partial charge in [-0.25, -0.2) is 0 Å². The Balaban J connectivity index is 2.13. The maximum Gasteiger partial charge on any atom is 0.132 e. The van der Waals surface area contributed by atoms with E-state index in [4.69, 9.17) is 5.73 Å². The normalized spacial score (nSPS) is 17.9. The molecule has 0 heterocycles. The molecular formula is C16H31NO. The Morgan fingerprint density at radius 1 is 1.11 bits per heavy atom. The summed E-state index contributed by atoms with van der Waals surface area (Å²) in [6.07, 6.45) is 11.6. The van der Waals surface area contributed by atoms with Crippen LogP contribution >= 0.6 is 0 Å². The summed E-state index contributed by atoms with van der Waals surface area (Å²) in [7, 11) is 0. The second-order valence-corrected chi connectivity index (χ2v) is 6.78. The van der Waals surface area contributed by atoms with E-state index >= 15 is 0 Å². The fourth-order valence-corrected chi connectivity index (χ4v) is 2.96. The average Bonchev–Trinajstić information content (AvgIpc) is 2.35. The molecule has 0 bridgehead atoms. The van der Waals surface area contributed by atoms with Crippen LogP contribution in [0.3, 0.4) is 0 Å². The zero-order valence-electron chi connectivity index (χ0n) is 12.3. The van der Waals surface area contributed by atoms with E-state index in [1.165, 1.54) is 32.1 Å². The van der Waals surface area contributed by atoms with Crippen LogP contribution in [0.1, 0.15) is 78.1 Å². The average molecular weight is 253 g/mol. The van der Waals surface area contributed by atoms with Crippen LogP contribution in [0.5, 0.6) is 0 Å². The Labute approximate surface area is 113 Å². The minimum absolute atomic E-state index is 0.231. The lowest BCUT2D eigenvalue weighted by molar-refractivity contribution is -0.120. The van der Waals surface area contributed by atoms with Crippen molar-refractivity contribution in [2.75, 3.05) is 6.54 Å². The highest BCUT2D eigenvalue weighted by Crippen LogP contribution is 2.29. The summed E-state index contributed by atoms with van der Waals surface area (Å²) in [6.45, 7) is 5.16. The van der Waals surface area contributed by atoms with Crippen LogP contribution in [0.4, 0.5) is 0 Å². The van der Waals surface area contributed by atoms with Crippen molar-refractivity contribution < 1.29 is 4.79 Å². The van der Waals surface area contributed by atoms with E-state index in [2.05, 4.69) is 13.8 Å². The van der Waals surface area contributed by atoms with Crippen LogP contribution in [0, 0.1) is 11.3 Å². The minimum atomic E-state index is 0.231. The number of ketones is 1. The van der Waals surface area contributed by atoms with Gasteiger partial charge in [0.1, 0.15) is 5.78 Å². The molecular weight excluding hydrogens is 222 g/mol. The maximum atomic E-state index is 11.9. The summed E-state index contributed by atoms with van der Waals surface area (Å²) in [5.41, 5.74) is 5.82. The van der Waals surface area contributed by atoms with E-state index in [0.29, 0.717) is 5.78 Å². The molecule has 0 saturated heterocycles. The highest BCUT2D eigenvalue weighted by Gasteiger charge is 2.19. The van der Waals surface area contributed by atoms with Crippen LogP contribution in [0.15, 0.2) is 0 Å². The molecule has 0 radical (unpaired) electrons. The van der Waals surface area contributed by atoms with E-state index in [-0.39, 0.29) is 5.41 Å². The first-order chi connectivity index (χ1) is 8.53. The van der Waals surface area contributed by atoms with E-state index in [1.54, 1.807) is 0 Å². The van der Waals surface area contributed by atoms with E-state index in [1.807, 2.05) is 0 Å². The third kappa shape index (κ3) is 6.53. The van der Waals surface area contributed by atoms with Crippen molar-refractivity contribution in [1.82, 2.24) is 0 Å². The molecule has 0 aromatic rings. The molecule has 0 spiro atoms. The number of Topliss-reactive ketones (excluding diaryl/α,β-unsaturated/α-hetero) is 1. The zero-order chi connectivity index (χ0) is 13.4. The number of carbonyl (C=O) groups excluding carboxylic acids is 1. The topological polar surface area (TPSA) is 43.1 Å². The fraction of sp³-hybridized carbons (Fsp3) is 0.938. The fourth-order valence-electron chi connectivity index (χ4n) is 2.96. The van der Waals surface area contributed by atoms with Gasteiger partial charge < -0.3 is 5.73 Å². The lowest BCUT2D eigenvalue weighted by Crippen LogP contribution is -2.18. The van der Waals surface area contributed by atoms with Crippen molar-refractivity contribution >= 4 is 5.78 Å². The monoisotopic (exact) mass is 253 g/mol. The molecule has 0 aromatic heterocycles. The second kappa shape index (κ2) is 7.93. The smallest absolute Gasteiger partial charge is 0.132 e. The van der Waals surface area contributed by atoms with E-state index < -0.39 is 0 Å². The van der Waals surface area contributed by atoms with Gasteiger partial charge in [0.2, 0.25) is 0 Å². The third-order valence-electron chi connectivity index (χ3n) is 4.46. The summed E-state index contributed by atoms with van der Waals surface area (Å²) in [6, 6.07) is 0. The van der Waals surface area contributed by atoms with Gasteiger partial charge in [-0.1, -0.05) is 46.0 Å². The predicted molar refractivity (Wildman–Crippen MR) is 77.5 cm³/mol. The number of hydrogen-bond acceptors (Lipinski definition) is 2. The number of carbonyl (C=O) groups is 1. The molecule has 1 saturated carbocycles. The SMILES string of the molecule is CC(C)(CCN)CCC(=O)CCC1CCCCC1. The molecule has 2 nitrogen and oxygen atoms in total. The summed E-state index contributed by atoms with van der Waals surface area (Å²) in [5.74, 6) is 1.30. The molecule has 1 rings (SSSR count). The quantitative estimate of drug-likeness (QED) is 0.708. The summed E-state index contributed by atoms with van der Waals surface area (Å²) < 4.78 is 0. The van der Waals surface area contributed by atoms with E-state index in [9.17, 15) is 4.79 Å². The largest absolute Gasteiger partial charge is 0.330 e. The van der Waals surface area contributed by atoms with Gasteiger partial charge in [-0.2, -0.15) is 0 Å². The Morgan fingerprint density at radius 2 is 1.78 bits per heavy atom. The highest BCUT2D eigenvalue weighted by molar-refractivity contribution is 5.78. The first-order valence-electron chi connectivity index (χ1n) is 7.75. The first kappa shape index (κ1) is 15.7. The predicted octanol–water partition coefficient (Wildman–Crippen LogP) is 4.07. The van der Waals surface area contributed by atoms with Gasteiger partial charge >= 0.3 is 0 Å². The van der Waals surface area contributed by atoms with Crippen molar-refractivity contribution in [2.24, 2.45) is 17.1 Å². The summed E-state index contributed by atoms with van der Waals surface area (Å²) in [5, 5.41) is 0. The van der Waals surface area contributed by atoms with Gasteiger partial charge in [-0.15, -0.1) is 0 Å². The Bertz CT molecular complexity index is 241. The van der Waals surface area contributed by atoms with Crippen LogP contribution in [-0.4, -0.2) is 12.3 Å². The molecule has 0 amide bonds. The molecule has 0 aromatic carbocycles. The molecule has 1 fully saturated rings. The van der Waals surface area contributed by atoms with Crippen molar-refractivity contribution in [3.63, 3.8) is 0 Å². The van der Waals surface area contributed by atoms with Gasteiger partial charge in [0.05, 0.1) is 0 Å². The molecule has 0 atom stereocenters. The van der Waals surface area contributed by atoms with Crippen LogP contribution in [0.25, 0.3) is 0 Å². The lowest BCUT2D eigenvalue weighted by atomic mass is 9.82. The standard InChI is InChI=1S/C16H31NO/c1-16(2,12-13-17)11-10-15(18)9-8-14-6-4-3-5-7-14/h14H,3-13,17H2,1-2H3. The highest BCUT2D eigenvalue weighted by atomic mass is 16.1. The molecule has 0 unspecified atom stereocenters. The van der Waals surface area contributed by atoms with Gasteiger partial charge in [-0.3, -0.25) is 4.79 Å². The minimum Gasteiger partial charge on any atom is -0.330 e. The van der Waals surface area contributed by atoms with Crippen LogP contribution < -0.4 is 5.73 Å². The molecule has 0 aliphatic heterocycles. The lowest BCUT2D eigenvalue weighted by Gasteiger charge is -2.24. The third-order valence-corrected chi connectivity index (χ3v) is 4.46. The number of rotatable bonds is 8. The van der Waals surface area contributed by atoms with Crippen LogP contribution in [-0.2, 0) is 4.79 Å². The molecule has 1 aliphatic carbocycles. The van der Waals surface area contributed by atoms with Gasteiger partial charge in [-0.05, 0) is 37.1 Å². The Morgan fingerprint density at radius 3 is 2.39 bits per heavy atom. The Kier molecular flexibility index (Phi) is 6.91. The van der Waals surface area contributed by atoms with Crippen molar-refractivity contribution in [1.29, 1.82) is 0 Å². The van der Waals surface area contributed by atoms with Crippen molar-refractivity contribution in [2.45, 2.75) is 78.1 Å². The summed E-state index contributed by atoms with van der Waals surface area (Å²) >= 11 is 0. The second-order valence-electron chi connectivity index (χ2n) is 6.78. The number of nitrogens with two attached hydrogens (primary N) is 1. The molecule has 2 N–H and O–H groups in total. The maximum absolute atomic E-state index is 11.9. The van der Waals surface area contributed by atoms with Gasteiger partial charge in [0.15, 0.2) is 0 Å². The molecule has 1 aliphatic rings. The molecule has 106 valence electrons.